The maximum absolute atomic E-state index is 10.6. The Kier molecular flexibility index (Phi) is 2.06. The molecule has 4 heteroatoms. The molecule has 60 valence electrons. The predicted octanol–water partition coefficient (Wildman–Crippen LogP) is 0.960. The maximum atomic E-state index is 10.6. The molecule has 0 bridgehead atoms. The maximum Gasteiger partial charge on any atom is 0.336 e. The Morgan fingerprint density at radius 1 is 1.75 bits per heavy atom. The van der Waals surface area contributed by atoms with Crippen molar-refractivity contribution in [2.24, 2.45) is 0 Å². The zero-order chi connectivity index (χ0) is 9.14. The third kappa shape index (κ3) is 1.25. The van der Waals surface area contributed by atoms with Crippen LogP contribution in [0.2, 0.25) is 0 Å². The quantitative estimate of drug-likeness (QED) is 0.667. The van der Waals surface area contributed by atoms with E-state index >= 15 is 0 Å². The summed E-state index contributed by atoms with van der Waals surface area (Å²) in [6.45, 7) is 1.56. The Hall–Kier alpha value is -1.89. The number of aromatic carboxylic acids is 1. The van der Waals surface area contributed by atoms with Crippen molar-refractivity contribution in [1.82, 2.24) is 4.98 Å². The van der Waals surface area contributed by atoms with Crippen molar-refractivity contribution in [2.45, 2.75) is 6.92 Å². The standard InChI is InChI=1S/C8H6N2O2/c1-5-6(8(11)12)2-3-10-7(5)4-9/h2-3H,1H3,(H,11,12). The highest BCUT2D eigenvalue weighted by Crippen LogP contribution is 2.09. The van der Waals surface area contributed by atoms with Crippen molar-refractivity contribution in [1.29, 1.82) is 5.26 Å². The van der Waals surface area contributed by atoms with Crippen molar-refractivity contribution >= 4 is 5.97 Å². The molecule has 0 saturated carbocycles. The van der Waals surface area contributed by atoms with Crippen LogP contribution in [-0.2, 0) is 0 Å². The average Bonchev–Trinajstić information content (AvgIpc) is 2.04. The Bertz CT molecular complexity index is 366. The van der Waals surface area contributed by atoms with Crippen molar-refractivity contribution in [3.63, 3.8) is 0 Å². The molecular weight excluding hydrogens is 156 g/mol. The molecule has 0 radical (unpaired) electrons. The fourth-order valence-corrected chi connectivity index (χ4v) is 0.880. The Morgan fingerprint density at radius 2 is 2.42 bits per heavy atom. The minimum Gasteiger partial charge on any atom is -0.478 e. The number of carboxylic acids is 1. The van der Waals surface area contributed by atoms with Gasteiger partial charge in [-0.25, -0.2) is 9.78 Å². The van der Waals surface area contributed by atoms with Gasteiger partial charge in [0.2, 0.25) is 0 Å². The fraction of sp³-hybridized carbons (Fsp3) is 0.125. The minimum absolute atomic E-state index is 0.126. The number of carbonyl (C=O) groups is 1. The molecular formula is C8H6N2O2. The molecule has 1 rings (SSSR count). The summed E-state index contributed by atoms with van der Waals surface area (Å²) in [7, 11) is 0. The molecule has 0 atom stereocenters. The van der Waals surface area contributed by atoms with Crippen LogP contribution in [0, 0.1) is 18.3 Å². The van der Waals surface area contributed by atoms with Crippen LogP contribution in [0.1, 0.15) is 21.6 Å². The van der Waals surface area contributed by atoms with E-state index in [1.165, 1.54) is 12.3 Å². The normalized spacial score (nSPS) is 9.00. The van der Waals surface area contributed by atoms with Gasteiger partial charge in [0.15, 0.2) is 0 Å². The third-order valence-corrected chi connectivity index (χ3v) is 1.54. The molecule has 0 aliphatic heterocycles. The molecule has 0 spiro atoms. The van der Waals surface area contributed by atoms with Crippen LogP contribution in [0.3, 0.4) is 0 Å². The van der Waals surface area contributed by atoms with Gasteiger partial charge in [0.05, 0.1) is 5.56 Å². The first kappa shape index (κ1) is 8.21. The summed E-state index contributed by atoms with van der Waals surface area (Å²) < 4.78 is 0. The van der Waals surface area contributed by atoms with Crippen LogP contribution in [0.4, 0.5) is 0 Å². The fourth-order valence-electron chi connectivity index (χ4n) is 0.880. The lowest BCUT2D eigenvalue weighted by atomic mass is 10.1. The number of nitriles is 1. The van der Waals surface area contributed by atoms with Gasteiger partial charge >= 0.3 is 5.97 Å². The summed E-state index contributed by atoms with van der Waals surface area (Å²) in [4.78, 5) is 14.3. The van der Waals surface area contributed by atoms with Gasteiger partial charge in [-0.2, -0.15) is 5.26 Å². The molecule has 1 heterocycles. The number of pyridine rings is 1. The molecule has 0 aliphatic rings. The van der Waals surface area contributed by atoms with Gasteiger partial charge in [-0.3, -0.25) is 0 Å². The molecule has 0 amide bonds. The molecule has 1 N–H and O–H groups in total. The molecule has 0 unspecified atom stereocenters. The first-order valence-corrected chi connectivity index (χ1v) is 3.26. The van der Waals surface area contributed by atoms with Gasteiger partial charge in [0.25, 0.3) is 0 Å². The van der Waals surface area contributed by atoms with E-state index in [1.54, 1.807) is 6.92 Å². The molecule has 4 nitrogen and oxygen atoms in total. The van der Waals surface area contributed by atoms with Crippen molar-refractivity contribution in [3.8, 4) is 6.07 Å². The van der Waals surface area contributed by atoms with E-state index in [4.69, 9.17) is 10.4 Å². The van der Waals surface area contributed by atoms with Crippen LogP contribution >= 0.6 is 0 Å². The molecule has 0 aromatic carbocycles. The minimum atomic E-state index is -1.04. The lowest BCUT2D eigenvalue weighted by Gasteiger charge is -1.99. The van der Waals surface area contributed by atoms with Crippen molar-refractivity contribution < 1.29 is 9.90 Å². The molecule has 0 saturated heterocycles. The van der Waals surface area contributed by atoms with Crippen LogP contribution in [0.15, 0.2) is 12.3 Å². The van der Waals surface area contributed by atoms with Crippen LogP contribution in [0.5, 0.6) is 0 Å². The van der Waals surface area contributed by atoms with Crippen LogP contribution < -0.4 is 0 Å². The summed E-state index contributed by atoms with van der Waals surface area (Å²) >= 11 is 0. The number of hydrogen-bond donors (Lipinski definition) is 1. The van der Waals surface area contributed by atoms with Gasteiger partial charge in [0, 0.05) is 6.20 Å². The van der Waals surface area contributed by atoms with E-state index in [2.05, 4.69) is 4.98 Å². The summed E-state index contributed by atoms with van der Waals surface area (Å²) in [5, 5.41) is 17.2. The SMILES string of the molecule is Cc1c(C(=O)O)ccnc1C#N. The van der Waals surface area contributed by atoms with E-state index < -0.39 is 5.97 Å². The summed E-state index contributed by atoms with van der Waals surface area (Å²) in [6, 6.07) is 3.19. The van der Waals surface area contributed by atoms with Gasteiger partial charge in [-0.05, 0) is 18.6 Å². The van der Waals surface area contributed by atoms with Gasteiger partial charge in [-0.15, -0.1) is 0 Å². The van der Waals surface area contributed by atoms with Gasteiger partial charge in [-0.1, -0.05) is 0 Å². The number of carboxylic acid groups (broad SMARTS) is 1. The second kappa shape index (κ2) is 3.01. The number of aromatic nitrogens is 1. The number of rotatable bonds is 1. The smallest absolute Gasteiger partial charge is 0.336 e. The highest BCUT2D eigenvalue weighted by Gasteiger charge is 2.09. The van der Waals surface area contributed by atoms with Crippen LogP contribution in [0.25, 0.3) is 0 Å². The van der Waals surface area contributed by atoms with E-state index in [0.717, 1.165) is 0 Å². The molecule has 0 fully saturated rings. The van der Waals surface area contributed by atoms with E-state index in [0.29, 0.717) is 5.56 Å². The zero-order valence-electron chi connectivity index (χ0n) is 6.40. The Labute approximate surface area is 69.1 Å². The van der Waals surface area contributed by atoms with Crippen molar-refractivity contribution in [2.75, 3.05) is 0 Å². The zero-order valence-corrected chi connectivity index (χ0v) is 6.40. The lowest BCUT2D eigenvalue weighted by molar-refractivity contribution is 0.0696. The van der Waals surface area contributed by atoms with E-state index in [1.807, 2.05) is 6.07 Å². The summed E-state index contributed by atoms with van der Waals surface area (Å²) in [6.07, 6.45) is 1.31. The number of hydrogen-bond acceptors (Lipinski definition) is 3. The number of nitrogens with zero attached hydrogens (tertiary/aromatic N) is 2. The lowest BCUT2D eigenvalue weighted by Crippen LogP contribution is -2.02. The monoisotopic (exact) mass is 162 g/mol. The third-order valence-electron chi connectivity index (χ3n) is 1.54. The average molecular weight is 162 g/mol. The summed E-state index contributed by atoms with van der Waals surface area (Å²) in [5.41, 5.74) is 0.698. The first-order valence-electron chi connectivity index (χ1n) is 3.26. The molecule has 12 heavy (non-hydrogen) atoms. The van der Waals surface area contributed by atoms with Crippen LogP contribution in [-0.4, -0.2) is 16.1 Å². The second-order valence-electron chi connectivity index (χ2n) is 2.25. The molecule has 0 aliphatic carbocycles. The van der Waals surface area contributed by atoms with E-state index in [-0.39, 0.29) is 11.3 Å². The summed E-state index contributed by atoms with van der Waals surface area (Å²) in [5.74, 6) is -1.04. The predicted molar refractivity (Wildman–Crippen MR) is 40.6 cm³/mol. The largest absolute Gasteiger partial charge is 0.478 e. The topological polar surface area (TPSA) is 74.0 Å². The van der Waals surface area contributed by atoms with E-state index in [9.17, 15) is 4.79 Å². The highest BCUT2D eigenvalue weighted by atomic mass is 16.4. The Morgan fingerprint density at radius 3 is 2.92 bits per heavy atom. The first-order chi connectivity index (χ1) is 5.66. The highest BCUT2D eigenvalue weighted by molar-refractivity contribution is 5.89. The van der Waals surface area contributed by atoms with Gasteiger partial charge < -0.3 is 5.11 Å². The molecule has 1 aromatic heterocycles. The second-order valence-corrected chi connectivity index (χ2v) is 2.25. The van der Waals surface area contributed by atoms with Gasteiger partial charge in [0.1, 0.15) is 11.8 Å². The Balaban J connectivity index is 3.35. The van der Waals surface area contributed by atoms with Crippen molar-refractivity contribution in [3.05, 3.63) is 29.1 Å². The molecule has 1 aromatic rings.